The molecule has 0 aromatic heterocycles. The lowest BCUT2D eigenvalue weighted by Gasteiger charge is -2.20. The largest absolute Gasteiger partial charge is 0.391 e. The predicted molar refractivity (Wildman–Crippen MR) is 81.1 cm³/mol. The van der Waals surface area contributed by atoms with E-state index in [0.717, 1.165) is 24.8 Å². The number of sulfonamides is 1. The number of unbranched alkanes of at least 4 members (excludes halogenated alkanes) is 2. The van der Waals surface area contributed by atoms with E-state index in [1.807, 2.05) is 6.92 Å². The third-order valence-electron chi connectivity index (χ3n) is 3.35. The zero-order valence-electron chi connectivity index (χ0n) is 12.5. The molecule has 0 radical (unpaired) electrons. The molecule has 1 rings (SSSR count). The Morgan fingerprint density at radius 2 is 1.80 bits per heavy atom. The van der Waals surface area contributed by atoms with E-state index in [0.29, 0.717) is 6.42 Å². The summed E-state index contributed by atoms with van der Waals surface area (Å²) in [7, 11) is -3.56. The second-order valence-corrected chi connectivity index (χ2v) is 7.00. The molecule has 114 valence electrons. The van der Waals surface area contributed by atoms with Crippen molar-refractivity contribution < 1.29 is 13.5 Å². The third kappa shape index (κ3) is 5.23. The van der Waals surface area contributed by atoms with Gasteiger partial charge in [-0.2, -0.15) is 0 Å². The second-order valence-electron chi connectivity index (χ2n) is 5.29. The molecule has 0 bridgehead atoms. The molecule has 0 aliphatic rings. The van der Waals surface area contributed by atoms with Crippen molar-refractivity contribution in [1.82, 2.24) is 4.72 Å². The van der Waals surface area contributed by atoms with Crippen LogP contribution in [0.4, 0.5) is 0 Å². The zero-order chi connectivity index (χ0) is 15.2. The maximum absolute atomic E-state index is 12.2. The smallest absolute Gasteiger partial charge is 0.240 e. The van der Waals surface area contributed by atoms with Crippen LogP contribution in [0.25, 0.3) is 0 Å². The van der Waals surface area contributed by atoms with E-state index in [-0.39, 0.29) is 4.90 Å². The molecule has 0 spiro atoms. The van der Waals surface area contributed by atoms with Crippen LogP contribution in [-0.4, -0.2) is 25.7 Å². The molecule has 2 atom stereocenters. The lowest BCUT2D eigenvalue weighted by molar-refractivity contribution is 0.131. The Morgan fingerprint density at radius 3 is 2.35 bits per heavy atom. The molecule has 0 heterocycles. The Labute approximate surface area is 122 Å². The molecule has 0 amide bonds. The Kier molecular flexibility index (Phi) is 6.65. The van der Waals surface area contributed by atoms with Crippen molar-refractivity contribution in [3.63, 3.8) is 0 Å². The van der Waals surface area contributed by atoms with Gasteiger partial charge in [-0.1, -0.05) is 43.9 Å². The number of aliphatic hydroxyl groups is 1. The van der Waals surface area contributed by atoms with Gasteiger partial charge >= 0.3 is 0 Å². The molecule has 1 aromatic carbocycles. The highest BCUT2D eigenvalue weighted by molar-refractivity contribution is 7.89. The minimum atomic E-state index is -3.56. The number of hydrogen-bond donors (Lipinski definition) is 2. The van der Waals surface area contributed by atoms with Gasteiger partial charge in [-0.25, -0.2) is 13.1 Å². The number of aliphatic hydroxyl groups excluding tert-OH is 1. The summed E-state index contributed by atoms with van der Waals surface area (Å²) in [5.41, 5.74) is 1.01. The Balaban J connectivity index is 2.63. The third-order valence-corrected chi connectivity index (χ3v) is 4.93. The van der Waals surface area contributed by atoms with Gasteiger partial charge in [0, 0.05) is 6.04 Å². The minimum Gasteiger partial charge on any atom is -0.391 e. The Hall–Kier alpha value is -0.910. The van der Waals surface area contributed by atoms with Gasteiger partial charge in [0.1, 0.15) is 0 Å². The maximum atomic E-state index is 12.2. The van der Waals surface area contributed by atoms with Crippen LogP contribution in [0, 0.1) is 6.92 Å². The first kappa shape index (κ1) is 17.1. The fourth-order valence-electron chi connectivity index (χ4n) is 1.96. The summed E-state index contributed by atoms with van der Waals surface area (Å²) in [5, 5.41) is 9.97. The van der Waals surface area contributed by atoms with E-state index in [4.69, 9.17) is 0 Å². The number of rotatable bonds is 8. The van der Waals surface area contributed by atoms with Crippen LogP contribution in [0.3, 0.4) is 0 Å². The highest BCUT2D eigenvalue weighted by atomic mass is 32.2. The molecule has 5 heteroatoms. The summed E-state index contributed by atoms with van der Waals surface area (Å²) in [6.45, 7) is 5.70. The van der Waals surface area contributed by atoms with Crippen molar-refractivity contribution >= 4 is 10.0 Å². The van der Waals surface area contributed by atoms with Crippen LogP contribution in [0.2, 0.25) is 0 Å². The molecule has 0 saturated heterocycles. The van der Waals surface area contributed by atoms with Crippen LogP contribution in [0.1, 0.15) is 45.1 Å². The standard InChI is InChI=1S/C15H25NO3S/c1-4-5-6-7-15(17)13(3)16-20(18,19)14-10-8-12(2)9-11-14/h8-11,13,15-17H,4-7H2,1-3H3/t13-,15+/m0/s1. The van der Waals surface area contributed by atoms with Crippen molar-refractivity contribution in [3.8, 4) is 0 Å². The topological polar surface area (TPSA) is 66.4 Å². The van der Waals surface area contributed by atoms with Crippen LogP contribution in [-0.2, 0) is 10.0 Å². The average molecular weight is 299 g/mol. The number of hydrogen-bond acceptors (Lipinski definition) is 3. The fraction of sp³-hybridized carbons (Fsp3) is 0.600. The van der Waals surface area contributed by atoms with Crippen LogP contribution >= 0.6 is 0 Å². The molecule has 0 aliphatic heterocycles. The summed E-state index contributed by atoms with van der Waals surface area (Å²) in [6, 6.07) is 6.19. The molecule has 0 saturated carbocycles. The Bertz CT molecular complexity index is 496. The van der Waals surface area contributed by atoms with E-state index in [9.17, 15) is 13.5 Å². The van der Waals surface area contributed by atoms with Crippen molar-refractivity contribution in [2.45, 2.75) is 63.5 Å². The van der Waals surface area contributed by atoms with Gasteiger partial charge in [0.15, 0.2) is 0 Å². The SMILES string of the molecule is CCCCC[C@@H](O)[C@H](C)NS(=O)(=O)c1ccc(C)cc1. The summed E-state index contributed by atoms with van der Waals surface area (Å²) in [4.78, 5) is 0.232. The lowest BCUT2D eigenvalue weighted by Crippen LogP contribution is -2.41. The highest BCUT2D eigenvalue weighted by Gasteiger charge is 2.21. The molecule has 4 nitrogen and oxygen atoms in total. The summed E-state index contributed by atoms with van der Waals surface area (Å²) in [6.07, 6.45) is 3.01. The van der Waals surface area contributed by atoms with E-state index >= 15 is 0 Å². The van der Waals surface area contributed by atoms with Gasteiger partial charge in [0.2, 0.25) is 10.0 Å². The molecular weight excluding hydrogens is 274 g/mol. The molecule has 0 unspecified atom stereocenters. The molecule has 1 aromatic rings. The fourth-order valence-corrected chi connectivity index (χ4v) is 3.24. The lowest BCUT2D eigenvalue weighted by atomic mass is 10.1. The quantitative estimate of drug-likeness (QED) is 0.725. The first-order valence-electron chi connectivity index (χ1n) is 7.14. The minimum absolute atomic E-state index is 0.232. The first-order chi connectivity index (χ1) is 9.36. The first-order valence-corrected chi connectivity index (χ1v) is 8.62. The molecule has 0 fully saturated rings. The van der Waals surface area contributed by atoms with Crippen LogP contribution < -0.4 is 4.72 Å². The van der Waals surface area contributed by atoms with Gasteiger partial charge < -0.3 is 5.11 Å². The summed E-state index contributed by atoms with van der Waals surface area (Å²) >= 11 is 0. The van der Waals surface area contributed by atoms with E-state index in [1.54, 1.807) is 31.2 Å². The molecular formula is C15H25NO3S. The van der Waals surface area contributed by atoms with E-state index in [1.165, 1.54) is 0 Å². The van der Waals surface area contributed by atoms with E-state index < -0.39 is 22.2 Å². The van der Waals surface area contributed by atoms with Gasteiger partial charge in [0.25, 0.3) is 0 Å². The van der Waals surface area contributed by atoms with Crippen LogP contribution in [0.15, 0.2) is 29.2 Å². The number of benzene rings is 1. The van der Waals surface area contributed by atoms with Crippen LogP contribution in [0.5, 0.6) is 0 Å². The summed E-state index contributed by atoms with van der Waals surface area (Å²) in [5.74, 6) is 0. The number of aryl methyl sites for hydroxylation is 1. The zero-order valence-corrected chi connectivity index (χ0v) is 13.3. The van der Waals surface area contributed by atoms with Gasteiger partial charge in [-0.3, -0.25) is 0 Å². The normalized spacial score (nSPS) is 15.0. The van der Waals surface area contributed by atoms with Crippen molar-refractivity contribution in [3.05, 3.63) is 29.8 Å². The number of nitrogens with one attached hydrogen (secondary N) is 1. The van der Waals surface area contributed by atoms with Crippen molar-refractivity contribution in [2.75, 3.05) is 0 Å². The highest BCUT2D eigenvalue weighted by Crippen LogP contribution is 2.13. The van der Waals surface area contributed by atoms with Gasteiger partial charge in [-0.15, -0.1) is 0 Å². The summed E-state index contributed by atoms with van der Waals surface area (Å²) < 4.78 is 26.9. The van der Waals surface area contributed by atoms with Gasteiger partial charge in [0.05, 0.1) is 11.0 Å². The monoisotopic (exact) mass is 299 g/mol. The Morgan fingerprint density at radius 1 is 1.20 bits per heavy atom. The van der Waals surface area contributed by atoms with Gasteiger partial charge in [-0.05, 0) is 32.4 Å². The van der Waals surface area contributed by atoms with Crippen molar-refractivity contribution in [2.24, 2.45) is 0 Å². The van der Waals surface area contributed by atoms with Crippen molar-refractivity contribution in [1.29, 1.82) is 0 Å². The molecule has 0 aliphatic carbocycles. The average Bonchev–Trinajstić information content (AvgIpc) is 2.38. The predicted octanol–water partition coefficient (Wildman–Crippen LogP) is 2.60. The maximum Gasteiger partial charge on any atom is 0.240 e. The molecule has 2 N–H and O–H groups in total. The molecule has 20 heavy (non-hydrogen) atoms. The van der Waals surface area contributed by atoms with E-state index in [2.05, 4.69) is 11.6 Å². The second kappa shape index (κ2) is 7.76.